The van der Waals surface area contributed by atoms with Crippen molar-refractivity contribution in [2.45, 2.75) is 52.2 Å². The van der Waals surface area contributed by atoms with Gasteiger partial charge in [0, 0.05) is 16.8 Å². The van der Waals surface area contributed by atoms with Crippen molar-refractivity contribution in [3.63, 3.8) is 0 Å². The molecular weight excluding hydrogens is 494 g/mol. The standard InChI is InChI=1S/C30H33N5O4/c1-6-30(3,4)31-29(38)28(22-10-9-11-24(18-22)39-5)35(23-16-14-21(15-17-23)20(2)36)27(37)19-34-26-13-8-7-12-25(26)32-33-34/h7-18,28H,6,19H2,1-5H3,(H,31,38)/t28-/m0/s1. The minimum atomic E-state index is -1.03. The number of rotatable bonds is 10. The normalized spacial score (nSPS) is 12.1. The zero-order chi connectivity index (χ0) is 28.2. The molecule has 1 aromatic heterocycles. The molecule has 0 bridgehead atoms. The van der Waals surface area contributed by atoms with Gasteiger partial charge < -0.3 is 10.1 Å². The minimum Gasteiger partial charge on any atom is -0.497 e. The number of hydrogen-bond donors (Lipinski definition) is 1. The lowest BCUT2D eigenvalue weighted by Gasteiger charge is -2.34. The van der Waals surface area contributed by atoms with Crippen LogP contribution in [0.25, 0.3) is 11.0 Å². The largest absolute Gasteiger partial charge is 0.497 e. The second-order valence-electron chi connectivity index (χ2n) is 10.0. The zero-order valence-electron chi connectivity index (χ0n) is 22.8. The van der Waals surface area contributed by atoms with E-state index in [-0.39, 0.29) is 24.1 Å². The summed E-state index contributed by atoms with van der Waals surface area (Å²) >= 11 is 0. The molecule has 1 N–H and O–H groups in total. The van der Waals surface area contributed by atoms with Gasteiger partial charge in [-0.15, -0.1) is 5.10 Å². The Morgan fingerprint density at radius 3 is 2.41 bits per heavy atom. The van der Waals surface area contributed by atoms with E-state index in [2.05, 4.69) is 15.6 Å². The number of aromatic nitrogens is 3. The van der Waals surface area contributed by atoms with Crippen LogP contribution in [-0.4, -0.2) is 45.2 Å². The molecule has 0 saturated carbocycles. The fraction of sp³-hybridized carbons (Fsp3) is 0.300. The van der Waals surface area contributed by atoms with E-state index in [9.17, 15) is 14.4 Å². The lowest BCUT2D eigenvalue weighted by atomic mass is 9.98. The van der Waals surface area contributed by atoms with E-state index < -0.39 is 11.6 Å². The molecule has 4 aromatic rings. The van der Waals surface area contributed by atoms with E-state index >= 15 is 0 Å². The number of carbonyl (C=O) groups excluding carboxylic acids is 3. The van der Waals surface area contributed by atoms with Gasteiger partial charge in [0.15, 0.2) is 5.78 Å². The van der Waals surface area contributed by atoms with Crippen LogP contribution in [0.1, 0.15) is 56.1 Å². The van der Waals surface area contributed by atoms with Gasteiger partial charge in [0.1, 0.15) is 23.9 Å². The second kappa shape index (κ2) is 11.5. The van der Waals surface area contributed by atoms with Gasteiger partial charge in [0.2, 0.25) is 11.8 Å². The van der Waals surface area contributed by atoms with Crippen molar-refractivity contribution < 1.29 is 19.1 Å². The third-order valence-corrected chi connectivity index (χ3v) is 6.79. The van der Waals surface area contributed by atoms with Gasteiger partial charge in [0.25, 0.3) is 0 Å². The number of nitrogens with zero attached hydrogens (tertiary/aromatic N) is 4. The monoisotopic (exact) mass is 527 g/mol. The van der Waals surface area contributed by atoms with Crippen LogP contribution in [0.2, 0.25) is 0 Å². The molecule has 2 amide bonds. The molecule has 9 heteroatoms. The third-order valence-electron chi connectivity index (χ3n) is 6.79. The molecule has 1 heterocycles. The van der Waals surface area contributed by atoms with E-state index in [1.54, 1.807) is 55.6 Å². The van der Waals surface area contributed by atoms with Crippen LogP contribution in [0.15, 0.2) is 72.8 Å². The number of nitrogens with one attached hydrogen (secondary N) is 1. The van der Waals surface area contributed by atoms with Crippen LogP contribution in [0, 0.1) is 0 Å². The number of fused-ring (bicyclic) bond motifs is 1. The Labute approximate surface area is 227 Å². The summed E-state index contributed by atoms with van der Waals surface area (Å²) in [6, 6.07) is 20.1. The van der Waals surface area contributed by atoms with E-state index in [4.69, 9.17) is 4.74 Å². The van der Waals surface area contributed by atoms with Gasteiger partial charge in [-0.05, 0) is 81.3 Å². The summed E-state index contributed by atoms with van der Waals surface area (Å²) in [6.45, 7) is 7.18. The first kappa shape index (κ1) is 27.5. The number of anilines is 1. The number of benzene rings is 3. The van der Waals surface area contributed by atoms with E-state index in [1.807, 2.05) is 45.0 Å². The van der Waals surface area contributed by atoms with Gasteiger partial charge in [-0.2, -0.15) is 0 Å². The predicted octanol–water partition coefficient (Wildman–Crippen LogP) is 4.72. The van der Waals surface area contributed by atoms with Crippen LogP contribution in [0.3, 0.4) is 0 Å². The maximum atomic E-state index is 14.1. The fourth-order valence-corrected chi connectivity index (χ4v) is 4.25. The van der Waals surface area contributed by atoms with Gasteiger partial charge >= 0.3 is 0 Å². The van der Waals surface area contributed by atoms with Gasteiger partial charge in [-0.25, -0.2) is 4.68 Å². The second-order valence-corrected chi connectivity index (χ2v) is 10.0. The summed E-state index contributed by atoms with van der Waals surface area (Å²) in [4.78, 5) is 41.5. The summed E-state index contributed by atoms with van der Waals surface area (Å²) in [5, 5.41) is 11.4. The van der Waals surface area contributed by atoms with Crippen molar-refractivity contribution in [1.29, 1.82) is 0 Å². The van der Waals surface area contributed by atoms with Gasteiger partial charge in [-0.3, -0.25) is 19.3 Å². The summed E-state index contributed by atoms with van der Waals surface area (Å²) in [6.07, 6.45) is 0.690. The van der Waals surface area contributed by atoms with Crippen molar-refractivity contribution in [2.75, 3.05) is 12.0 Å². The Morgan fingerprint density at radius 2 is 1.74 bits per heavy atom. The molecule has 4 rings (SSSR count). The van der Waals surface area contributed by atoms with Crippen molar-refractivity contribution in [3.05, 3.63) is 83.9 Å². The molecule has 0 aliphatic rings. The quantitative estimate of drug-likeness (QED) is 0.299. The molecule has 0 fully saturated rings. The van der Waals surface area contributed by atoms with E-state index in [0.717, 1.165) is 0 Å². The molecule has 0 saturated heterocycles. The lowest BCUT2D eigenvalue weighted by molar-refractivity contribution is -0.128. The summed E-state index contributed by atoms with van der Waals surface area (Å²) in [5.74, 6) is -0.261. The van der Waals surface area contributed by atoms with E-state index in [1.165, 1.54) is 16.5 Å². The van der Waals surface area contributed by atoms with Gasteiger partial charge in [-0.1, -0.05) is 36.4 Å². The molecule has 0 spiro atoms. The first-order valence-corrected chi connectivity index (χ1v) is 12.8. The third kappa shape index (κ3) is 6.14. The topological polar surface area (TPSA) is 106 Å². The van der Waals surface area contributed by atoms with Crippen LogP contribution < -0.4 is 15.0 Å². The minimum absolute atomic E-state index is 0.0969. The first-order chi connectivity index (χ1) is 18.6. The Bertz CT molecular complexity index is 1490. The van der Waals surface area contributed by atoms with Crippen molar-refractivity contribution >= 4 is 34.3 Å². The molecule has 9 nitrogen and oxygen atoms in total. The van der Waals surface area contributed by atoms with E-state index in [0.29, 0.717) is 40.0 Å². The lowest BCUT2D eigenvalue weighted by Crippen LogP contribution is -2.51. The zero-order valence-corrected chi connectivity index (χ0v) is 22.8. The average molecular weight is 528 g/mol. The summed E-state index contributed by atoms with van der Waals surface area (Å²) < 4.78 is 6.95. The number of ether oxygens (including phenoxy) is 1. The molecule has 0 unspecified atom stereocenters. The number of methoxy groups -OCH3 is 1. The Balaban J connectivity index is 1.85. The number of hydrogen-bond acceptors (Lipinski definition) is 6. The molecule has 0 radical (unpaired) electrons. The molecule has 39 heavy (non-hydrogen) atoms. The van der Waals surface area contributed by atoms with Crippen LogP contribution >= 0.6 is 0 Å². The summed E-state index contributed by atoms with van der Waals surface area (Å²) in [5.41, 5.74) is 2.39. The number of para-hydroxylation sites is 1. The highest BCUT2D eigenvalue weighted by molar-refractivity contribution is 6.02. The molecule has 3 aromatic carbocycles. The SMILES string of the molecule is CCC(C)(C)NC(=O)[C@H](c1cccc(OC)c1)N(C(=O)Cn1nnc2ccccc21)c1ccc(C(C)=O)cc1. The summed E-state index contributed by atoms with van der Waals surface area (Å²) in [7, 11) is 1.55. The number of Topliss-reactive ketones (excluding diaryl/α,β-unsaturated/α-hetero) is 1. The Morgan fingerprint density at radius 1 is 1.03 bits per heavy atom. The van der Waals surface area contributed by atoms with Crippen molar-refractivity contribution in [3.8, 4) is 5.75 Å². The molecular formula is C30H33N5O4. The van der Waals surface area contributed by atoms with Crippen molar-refractivity contribution in [1.82, 2.24) is 20.3 Å². The highest BCUT2D eigenvalue weighted by Crippen LogP contribution is 2.31. The molecule has 0 aliphatic carbocycles. The smallest absolute Gasteiger partial charge is 0.249 e. The molecule has 0 aliphatic heterocycles. The van der Waals surface area contributed by atoms with Crippen molar-refractivity contribution in [2.24, 2.45) is 0 Å². The maximum Gasteiger partial charge on any atom is 0.249 e. The van der Waals surface area contributed by atoms with Crippen LogP contribution in [0.5, 0.6) is 5.75 Å². The predicted molar refractivity (Wildman–Crippen MR) is 150 cm³/mol. The molecule has 202 valence electrons. The Kier molecular flexibility index (Phi) is 8.09. The number of ketones is 1. The number of carbonyl (C=O) groups is 3. The van der Waals surface area contributed by atoms with Crippen LogP contribution in [0.4, 0.5) is 5.69 Å². The first-order valence-electron chi connectivity index (χ1n) is 12.8. The average Bonchev–Trinajstić information content (AvgIpc) is 3.34. The maximum absolute atomic E-state index is 14.1. The van der Waals surface area contributed by atoms with Gasteiger partial charge in [0.05, 0.1) is 12.6 Å². The Hall–Kier alpha value is -4.53. The van der Waals surface area contributed by atoms with Crippen LogP contribution in [-0.2, 0) is 16.1 Å². The highest BCUT2D eigenvalue weighted by atomic mass is 16.5. The highest BCUT2D eigenvalue weighted by Gasteiger charge is 2.35. The molecule has 1 atom stereocenters. The fourth-order valence-electron chi connectivity index (χ4n) is 4.25. The number of amides is 2.